The molecule has 0 aliphatic rings. The van der Waals surface area contributed by atoms with E-state index in [9.17, 15) is 4.79 Å². The van der Waals surface area contributed by atoms with E-state index in [-0.39, 0.29) is 0 Å². The molecule has 0 saturated carbocycles. The van der Waals surface area contributed by atoms with E-state index in [1.807, 2.05) is 13.0 Å². The van der Waals surface area contributed by atoms with Crippen LogP contribution in [0.25, 0.3) is 10.9 Å². The number of carbonyl (C=O) groups is 1. The van der Waals surface area contributed by atoms with Crippen LogP contribution in [0.15, 0.2) is 24.4 Å². The van der Waals surface area contributed by atoms with E-state index in [1.54, 1.807) is 6.92 Å². The predicted molar refractivity (Wildman–Crippen MR) is 95.0 cm³/mol. The van der Waals surface area contributed by atoms with Gasteiger partial charge in [-0.2, -0.15) is 0 Å². The van der Waals surface area contributed by atoms with Crippen molar-refractivity contribution in [1.82, 2.24) is 19.9 Å². The Balaban J connectivity index is 1.93. The van der Waals surface area contributed by atoms with Crippen LogP contribution in [-0.2, 0) is 11.2 Å². The van der Waals surface area contributed by atoms with Crippen molar-refractivity contribution < 1.29 is 9.53 Å². The first-order valence-electron chi connectivity index (χ1n) is 7.98. The molecule has 0 atom stereocenters. The molecule has 2 heterocycles. The highest BCUT2D eigenvalue weighted by atomic mass is 16.5. The summed E-state index contributed by atoms with van der Waals surface area (Å²) in [6, 6.07) is 6.16. The number of methoxy groups -OCH3 is 1. The number of anilines is 2. The fourth-order valence-corrected chi connectivity index (χ4v) is 2.54. The molecule has 7 nitrogen and oxygen atoms in total. The largest absolute Gasteiger partial charge is 0.465 e. The van der Waals surface area contributed by atoms with Crippen molar-refractivity contribution in [3.63, 3.8) is 0 Å². The van der Waals surface area contributed by atoms with Gasteiger partial charge in [-0.25, -0.2) is 24.7 Å². The van der Waals surface area contributed by atoms with E-state index in [0.717, 1.165) is 23.0 Å². The van der Waals surface area contributed by atoms with E-state index in [4.69, 9.17) is 4.74 Å². The lowest BCUT2D eigenvalue weighted by Crippen LogP contribution is -2.09. The van der Waals surface area contributed by atoms with Crippen molar-refractivity contribution in [2.45, 2.75) is 27.2 Å². The zero-order valence-electron chi connectivity index (χ0n) is 14.6. The second-order valence-corrected chi connectivity index (χ2v) is 5.65. The van der Waals surface area contributed by atoms with Gasteiger partial charge in [0.25, 0.3) is 0 Å². The number of rotatable bonds is 4. The molecule has 1 N–H and O–H groups in total. The Hall–Kier alpha value is -3.09. The number of fused-ring (bicyclic) bond motifs is 1. The molecule has 1 aromatic carbocycles. The monoisotopic (exact) mass is 337 g/mol. The lowest BCUT2D eigenvalue weighted by molar-refractivity contribution is 0.0599. The molecule has 0 aliphatic carbocycles. The minimum Gasteiger partial charge on any atom is -0.465 e. The Labute approximate surface area is 145 Å². The van der Waals surface area contributed by atoms with Gasteiger partial charge in [0.15, 0.2) is 0 Å². The number of esters is 1. The van der Waals surface area contributed by atoms with Gasteiger partial charge >= 0.3 is 5.97 Å². The Kier molecular flexibility index (Phi) is 4.56. The van der Waals surface area contributed by atoms with Crippen molar-refractivity contribution in [2.24, 2.45) is 0 Å². The van der Waals surface area contributed by atoms with E-state index in [2.05, 4.69) is 44.3 Å². The maximum atomic E-state index is 11.6. The normalized spacial score (nSPS) is 10.7. The fourth-order valence-electron chi connectivity index (χ4n) is 2.54. The molecule has 2 aromatic heterocycles. The topological polar surface area (TPSA) is 89.9 Å². The average Bonchev–Trinajstić information content (AvgIpc) is 2.61. The molecule has 128 valence electrons. The van der Waals surface area contributed by atoms with Crippen LogP contribution in [0.5, 0.6) is 0 Å². The number of carbonyl (C=O) groups excluding carboxylic acids is 1. The van der Waals surface area contributed by atoms with Gasteiger partial charge in [0, 0.05) is 11.6 Å². The number of aryl methyl sites for hydroxylation is 3. The highest BCUT2D eigenvalue weighted by molar-refractivity contribution is 5.90. The molecule has 0 bridgehead atoms. The van der Waals surface area contributed by atoms with Gasteiger partial charge in [0.2, 0.25) is 11.9 Å². The summed E-state index contributed by atoms with van der Waals surface area (Å²) in [6.45, 7) is 5.78. The molecule has 3 rings (SSSR count). The smallest absolute Gasteiger partial charge is 0.341 e. The lowest BCUT2D eigenvalue weighted by atomic mass is 10.1. The summed E-state index contributed by atoms with van der Waals surface area (Å²) in [6.07, 6.45) is 2.40. The summed E-state index contributed by atoms with van der Waals surface area (Å²) in [5.41, 5.74) is 3.84. The van der Waals surface area contributed by atoms with E-state index < -0.39 is 5.97 Å². The average molecular weight is 337 g/mol. The van der Waals surface area contributed by atoms with Crippen LogP contribution in [0.1, 0.15) is 34.2 Å². The number of aromatic nitrogens is 4. The van der Waals surface area contributed by atoms with Gasteiger partial charge in [-0.3, -0.25) is 5.32 Å². The zero-order valence-corrected chi connectivity index (χ0v) is 14.6. The summed E-state index contributed by atoms with van der Waals surface area (Å²) in [5.74, 6) is 0.280. The first-order chi connectivity index (χ1) is 12.0. The van der Waals surface area contributed by atoms with Crippen LogP contribution in [0.3, 0.4) is 0 Å². The Bertz CT molecular complexity index is 956. The molecule has 7 heteroatoms. The van der Waals surface area contributed by atoms with E-state index in [1.165, 1.54) is 18.9 Å². The van der Waals surface area contributed by atoms with E-state index >= 15 is 0 Å². The molecule has 0 unspecified atom stereocenters. The second kappa shape index (κ2) is 6.80. The number of hydrogen-bond acceptors (Lipinski definition) is 7. The number of ether oxygens (including phenoxy) is 1. The van der Waals surface area contributed by atoms with Gasteiger partial charge in [0.05, 0.1) is 29.6 Å². The fraction of sp³-hybridized carbons (Fsp3) is 0.278. The molecule has 0 saturated heterocycles. The molecule has 25 heavy (non-hydrogen) atoms. The summed E-state index contributed by atoms with van der Waals surface area (Å²) in [7, 11) is 1.32. The Morgan fingerprint density at radius 3 is 2.56 bits per heavy atom. The van der Waals surface area contributed by atoms with Crippen LogP contribution in [0, 0.1) is 13.8 Å². The van der Waals surface area contributed by atoms with Gasteiger partial charge in [0.1, 0.15) is 0 Å². The van der Waals surface area contributed by atoms with Crippen LogP contribution in [0.2, 0.25) is 0 Å². The van der Waals surface area contributed by atoms with Crippen molar-refractivity contribution in [2.75, 3.05) is 12.4 Å². The van der Waals surface area contributed by atoms with Crippen molar-refractivity contribution in [3.05, 3.63) is 46.9 Å². The third-order valence-corrected chi connectivity index (χ3v) is 3.97. The molecule has 0 fully saturated rings. The molecule has 0 amide bonds. The number of nitrogens with zero attached hydrogens (tertiary/aromatic N) is 4. The first-order valence-corrected chi connectivity index (χ1v) is 7.98. The molecular weight excluding hydrogens is 318 g/mol. The number of nitrogens with one attached hydrogen (secondary N) is 1. The third-order valence-electron chi connectivity index (χ3n) is 3.97. The van der Waals surface area contributed by atoms with Crippen LogP contribution < -0.4 is 5.32 Å². The lowest BCUT2D eigenvalue weighted by Gasteiger charge is -2.09. The SMILES string of the molecule is CCc1ccc2nc(Nc3ncc(C(=O)OC)c(C)n3)nc(C)c2c1. The Morgan fingerprint density at radius 2 is 1.88 bits per heavy atom. The summed E-state index contributed by atoms with van der Waals surface area (Å²) >= 11 is 0. The third kappa shape index (κ3) is 3.40. The number of benzene rings is 1. The molecule has 0 aliphatic heterocycles. The van der Waals surface area contributed by atoms with Crippen molar-refractivity contribution in [1.29, 1.82) is 0 Å². The van der Waals surface area contributed by atoms with Crippen LogP contribution in [0.4, 0.5) is 11.9 Å². The van der Waals surface area contributed by atoms with Gasteiger partial charge in [-0.05, 0) is 38.0 Å². The summed E-state index contributed by atoms with van der Waals surface area (Å²) in [4.78, 5) is 29.0. The number of hydrogen-bond donors (Lipinski definition) is 1. The highest BCUT2D eigenvalue weighted by Gasteiger charge is 2.13. The van der Waals surface area contributed by atoms with E-state index in [0.29, 0.717) is 23.2 Å². The molecule has 0 spiro atoms. The first kappa shape index (κ1) is 16.8. The van der Waals surface area contributed by atoms with Gasteiger partial charge in [-0.15, -0.1) is 0 Å². The zero-order chi connectivity index (χ0) is 18.0. The van der Waals surface area contributed by atoms with Gasteiger partial charge in [-0.1, -0.05) is 13.0 Å². The standard InChI is InChI=1S/C18H19N5O2/c1-5-12-6-7-15-13(8-12)10(2)21-18(22-15)23-17-19-9-14(11(3)20-17)16(24)25-4/h6-9H,5H2,1-4H3,(H,19,20,21,22,23). The molecular formula is C18H19N5O2. The summed E-state index contributed by atoms with van der Waals surface area (Å²) < 4.78 is 4.69. The van der Waals surface area contributed by atoms with Crippen LogP contribution in [-0.4, -0.2) is 33.0 Å². The maximum absolute atomic E-state index is 11.6. The quantitative estimate of drug-likeness (QED) is 0.731. The summed E-state index contributed by atoms with van der Waals surface area (Å²) in [5, 5.41) is 4.02. The second-order valence-electron chi connectivity index (χ2n) is 5.65. The minimum absolute atomic E-state index is 0.328. The van der Waals surface area contributed by atoms with Crippen molar-refractivity contribution in [3.8, 4) is 0 Å². The van der Waals surface area contributed by atoms with Gasteiger partial charge < -0.3 is 4.74 Å². The maximum Gasteiger partial charge on any atom is 0.341 e. The molecule has 0 radical (unpaired) electrons. The predicted octanol–water partition coefficient (Wildman–Crippen LogP) is 3.13. The Morgan fingerprint density at radius 1 is 1.12 bits per heavy atom. The molecule has 3 aromatic rings. The van der Waals surface area contributed by atoms with Crippen molar-refractivity contribution >= 4 is 28.8 Å². The minimum atomic E-state index is -0.464. The van der Waals surface area contributed by atoms with Crippen LogP contribution >= 0.6 is 0 Å². The highest BCUT2D eigenvalue weighted by Crippen LogP contribution is 2.20.